The molecule has 0 aromatic heterocycles. The van der Waals surface area contributed by atoms with Crippen molar-refractivity contribution in [3.8, 4) is 5.75 Å². The third-order valence-electron chi connectivity index (χ3n) is 2.71. The Labute approximate surface area is 122 Å². The molecule has 1 aromatic rings. The second-order valence-corrected chi connectivity index (χ2v) is 4.85. The molecule has 0 aliphatic heterocycles. The van der Waals surface area contributed by atoms with E-state index in [1.807, 2.05) is 13.8 Å². The summed E-state index contributed by atoms with van der Waals surface area (Å²) in [5.41, 5.74) is 0.846. The normalized spacial score (nSPS) is 11.8. The van der Waals surface area contributed by atoms with E-state index < -0.39 is 17.9 Å². The molecule has 0 unspecified atom stereocenters. The van der Waals surface area contributed by atoms with Crippen molar-refractivity contribution in [1.29, 1.82) is 0 Å². The van der Waals surface area contributed by atoms with Crippen LogP contribution in [-0.4, -0.2) is 29.6 Å². The molecule has 6 heteroatoms. The van der Waals surface area contributed by atoms with Gasteiger partial charge in [0.25, 0.3) is 5.91 Å². The van der Waals surface area contributed by atoms with Gasteiger partial charge in [-0.15, -0.1) is 0 Å². The summed E-state index contributed by atoms with van der Waals surface area (Å²) >= 11 is 5.88. The highest BCUT2D eigenvalue weighted by atomic mass is 35.5. The number of carbonyl (C=O) groups is 2. The summed E-state index contributed by atoms with van der Waals surface area (Å²) in [6.45, 7) is 3.46. The molecular formula is C14H18ClNO4. The lowest BCUT2D eigenvalue weighted by molar-refractivity contribution is -0.142. The van der Waals surface area contributed by atoms with E-state index in [0.717, 1.165) is 5.56 Å². The van der Waals surface area contributed by atoms with E-state index in [1.165, 1.54) is 0 Å². The zero-order valence-corrected chi connectivity index (χ0v) is 12.2. The monoisotopic (exact) mass is 299 g/mol. The maximum atomic E-state index is 11.6. The Bertz CT molecular complexity index is 490. The fraction of sp³-hybridized carbons (Fsp3) is 0.429. The second kappa shape index (κ2) is 7.75. The molecule has 1 amide bonds. The van der Waals surface area contributed by atoms with Crippen molar-refractivity contribution < 1.29 is 19.4 Å². The summed E-state index contributed by atoms with van der Waals surface area (Å²) in [6, 6.07) is 4.18. The van der Waals surface area contributed by atoms with Gasteiger partial charge in [0.2, 0.25) is 0 Å². The highest BCUT2D eigenvalue weighted by molar-refractivity contribution is 6.31. The average Bonchev–Trinajstić information content (AvgIpc) is 2.39. The molecule has 2 N–H and O–H groups in total. The van der Waals surface area contributed by atoms with E-state index in [9.17, 15) is 9.59 Å². The fourth-order valence-electron chi connectivity index (χ4n) is 1.64. The molecule has 0 saturated heterocycles. The van der Waals surface area contributed by atoms with Gasteiger partial charge < -0.3 is 15.2 Å². The molecule has 1 rings (SSSR count). The first-order valence-electron chi connectivity index (χ1n) is 6.35. The first kappa shape index (κ1) is 16.3. The number of nitrogens with one attached hydrogen (secondary N) is 1. The number of carbonyl (C=O) groups excluding carboxylic acids is 1. The van der Waals surface area contributed by atoms with E-state index in [1.54, 1.807) is 18.2 Å². The molecule has 0 spiro atoms. The molecule has 0 bridgehead atoms. The van der Waals surface area contributed by atoms with E-state index in [-0.39, 0.29) is 6.61 Å². The molecule has 0 fully saturated rings. The summed E-state index contributed by atoms with van der Waals surface area (Å²) in [6.07, 6.45) is 1.07. The molecule has 0 aliphatic rings. The van der Waals surface area contributed by atoms with Crippen LogP contribution in [0.25, 0.3) is 0 Å². The first-order valence-corrected chi connectivity index (χ1v) is 6.73. The third-order valence-corrected chi connectivity index (χ3v) is 3.13. The zero-order valence-electron chi connectivity index (χ0n) is 11.5. The molecule has 20 heavy (non-hydrogen) atoms. The van der Waals surface area contributed by atoms with Crippen molar-refractivity contribution in [2.45, 2.75) is 32.7 Å². The molecule has 0 saturated carbocycles. The lowest BCUT2D eigenvalue weighted by atomic mass is 10.2. The van der Waals surface area contributed by atoms with Crippen molar-refractivity contribution >= 4 is 23.5 Å². The van der Waals surface area contributed by atoms with Gasteiger partial charge >= 0.3 is 5.97 Å². The van der Waals surface area contributed by atoms with Crippen molar-refractivity contribution in [2.75, 3.05) is 6.61 Å². The summed E-state index contributed by atoms with van der Waals surface area (Å²) in [5, 5.41) is 12.0. The average molecular weight is 300 g/mol. The Balaban J connectivity index is 2.50. The van der Waals surface area contributed by atoms with Crippen LogP contribution >= 0.6 is 11.6 Å². The van der Waals surface area contributed by atoms with E-state index in [0.29, 0.717) is 23.6 Å². The number of hydrogen-bond acceptors (Lipinski definition) is 3. The highest BCUT2D eigenvalue weighted by Gasteiger charge is 2.18. The van der Waals surface area contributed by atoms with E-state index >= 15 is 0 Å². The van der Waals surface area contributed by atoms with Crippen LogP contribution in [0.15, 0.2) is 18.2 Å². The maximum Gasteiger partial charge on any atom is 0.326 e. The Morgan fingerprint density at radius 3 is 2.70 bits per heavy atom. The smallest absolute Gasteiger partial charge is 0.326 e. The van der Waals surface area contributed by atoms with Gasteiger partial charge in [0.1, 0.15) is 11.8 Å². The van der Waals surface area contributed by atoms with Gasteiger partial charge in [-0.25, -0.2) is 4.79 Å². The second-order valence-electron chi connectivity index (χ2n) is 4.45. The molecule has 110 valence electrons. The number of carboxylic acid groups (broad SMARTS) is 1. The molecule has 0 heterocycles. The van der Waals surface area contributed by atoms with Crippen LogP contribution in [0.2, 0.25) is 5.02 Å². The van der Waals surface area contributed by atoms with Gasteiger partial charge in [-0.3, -0.25) is 4.79 Å². The number of halogens is 1. The molecule has 1 atom stereocenters. The molecular weight excluding hydrogens is 282 g/mol. The minimum absolute atomic E-state index is 0.228. The largest absolute Gasteiger partial charge is 0.484 e. The molecule has 5 nitrogen and oxygen atoms in total. The van der Waals surface area contributed by atoms with Gasteiger partial charge in [-0.05, 0) is 37.1 Å². The van der Waals surface area contributed by atoms with Gasteiger partial charge in [-0.1, -0.05) is 24.9 Å². The quantitative estimate of drug-likeness (QED) is 0.810. The van der Waals surface area contributed by atoms with Crippen LogP contribution in [0.4, 0.5) is 0 Å². The zero-order chi connectivity index (χ0) is 15.1. The number of hydrogen-bond donors (Lipinski definition) is 2. The lowest BCUT2D eigenvalue weighted by Crippen LogP contribution is -2.42. The summed E-state index contributed by atoms with van der Waals surface area (Å²) in [4.78, 5) is 22.5. The van der Waals surface area contributed by atoms with Gasteiger partial charge in [-0.2, -0.15) is 0 Å². The van der Waals surface area contributed by atoms with Gasteiger partial charge in [0.15, 0.2) is 6.61 Å². The fourth-order valence-corrected chi connectivity index (χ4v) is 1.76. The number of benzene rings is 1. The van der Waals surface area contributed by atoms with Crippen LogP contribution in [0, 0.1) is 6.92 Å². The Morgan fingerprint density at radius 1 is 1.45 bits per heavy atom. The minimum Gasteiger partial charge on any atom is -0.484 e. The molecule has 1 aromatic carbocycles. The van der Waals surface area contributed by atoms with Crippen LogP contribution < -0.4 is 10.1 Å². The summed E-state index contributed by atoms with van der Waals surface area (Å²) in [7, 11) is 0. The summed E-state index contributed by atoms with van der Waals surface area (Å²) < 4.78 is 5.30. The third kappa shape index (κ3) is 5.09. The number of aliphatic carboxylic acids is 1. The van der Waals surface area contributed by atoms with E-state index in [4.69, 9.17) is 21.4 Å². The topological polar surface area (TPSA) is 75.6 Å². The van der Waals surface area contributed by atoms with E-state index in [2.05, 4.69) is 5.32 Å². The van der Waals surface area contributed by atoms with Crippen LogP contribution in [-0.2, 0) is 9.59 Å². The number of amides is 1. The SMILES string of the molecule is CCC[C@H](NC(=O)COc1ccc(Cl)c(C)c1)C(=O)O. The Morgan fingerprint density at radius 2 is 2.15 bits per heavy atom. The Kier molecular flexibility index (Phi) is 6.31. The van der Waals surface area contributed by atoms with Crippen LogP contribution in [0.5, 0.6) is 5.75 Å². The Hall–Kier alpha value is -1.75. The first-order chi connectivity index (χ1) is 9.43. The highest BCUT2D eigenvalue weighted by Crippen LogP contribution is 2.20. The van der Waals surface area contributed by atoms with Crippen LogP contribution in [0.1, 0.15) is 25.3 Å². The van der Waals surface area contributed by atoms with Crippen molar-refractivity contribution in [1.82, 2.24) is 5.32 Å². The number of rotatable bonds is 7. The minimum atomic E-state index is -1.04. The van der Waals surface area contributed by atoms with Crippen molar-refractivity contribution in [3.63, 3.8) is 0 Å². The van der Waals surface area contributed by atoms with Gasteiger partial charge in [0.05, 0.1) is 0 Å². The molecule has 0 aliphatic carbocycles. The lowest BCUT2D eigenvalue weighted by Gasteiger charge is -2.14. The molecule has 0 radical (unpaired) electrons. The standard InChI is InChI=1S/C14H18ClNO4/c1-3-4-12(14(18)19)16-13(17)8-20-10-5-6-11(15)9(2)7-10/h5-7,12H,3-4,8H2,1-2H3,(H,16,17)(H,18,19)/t12-/m0/s1. The van der Waals surface area contributed by atoms with Crippen molar-refractivity contribution in [3.05, 3.63) is 28.8 Å². The van der Waals surface area contributed by atoms with Crippen molar-refractivity contribution in [2.24, 2.45) is 0 Å². The predicted octanol–water partition coefficient (Wildman–Crippen LogP) is 2.40. The van der Waals surface area contributed by atoms with Crippen LogP contribution in [0.3, 0.4) is 0 Å². The maximum absolute atomic E-state index is 11.6. The predicted molar refractivity (Wildman–Crippen MR) is 76.2 cm³/mol. The van der Waals surface area contributed by atoms with Gasteiger partial charge in [0, 0.05) is 5.02 Å². The summed E-state index contributed by atoms with van der Waals surface area (Å²) in [5.74, 6) is -0.981. The number of aryl methyl sites for hydroxylation is 1. The number of ether oxygens (including phenoxy) is 1. The number of carboxylic acids is 1.